The van der Waals surface area contributed by atoms with Gasteiger partial charge in [-0.1, -0.05) is 0 Å². The highest BCUT2D eigenvalue weighted by molar-refractivity contribution is 5.90. The molecule has 2 heterocycles. The van der Waals surface area contributed by atoms with Crippen LogP contribution in [0.1, 0.15) is 5.56 Å². The van der Waals surface area contributed by atoms with Gasteiger partial charge < -0.3 is 29.6 Å². The van der Waals surface area contributed by atoms with Gasteiger partial charge in [-0.15, -0.1) is 0 Å². The lowest BCUT2D eigenvalue weighted by atomic mass is 10.1. The van der Waals surface area contributed by atoms with Crippen LogP contribution >= 0.6 is 0 Å². The van der Waals surface area contributed by atoms with Crippen LogP contribution in [0, 0.1) is 0 Å². The van der Waals surface area contributed by atoms with Crippen molar-refractivity contribution >= 4 is 16.9 Å². The minimum atomic E-state index is -0.898. The lowest BCUT2D eigenvalue weighted by Gasteiger charge is -2.31. The third-order valence-corrected chi connectivity index (χ3v) is 4.68. The molecule has 1 atom stereocenters. The van der Waals surface area contributed by atoms with Gasteiger partial charge in [-0.2, -0.15) is 0 Å². The maximum absolute atomic E-state index is 12.5. The first-order valence-electron chi connectivity index (χ1n) is 8.52. The number of rotatable bonds is 6. The molecule has 9 heteroatoms. The van der Waals surface area contributed by atoms with Crippen molar-refractivity contribution in [3.63, 3.8) is 0 Å². The number of aromatic nitrogens is 1. The fourth-order valence-corrected chi connectivity index (χ4v) is 3.35. The Labute approximate surface area is 155 Å². The summed E-state index contributed by atoms with van der Waals surface area (Å²) in [6.45, 7) is 1.88. The summed E-state index contributed by atoms with van der Waals surface area (Å²) in [6, 6.07) is 2.80. The Bertz CT molecular complexity index is 910. The zero-order valence-corrected chi connectivity index (χ0v) is 15.5. The molecule has 3 N–H and O–H groups in total. The van der Waals surface area contributed by atoms with Crippen molar-refractivity contribution in [3.8, 4) is 17.2 Å². The molecule has 1 aromatic heterocycles. The van der Waals surface area contributed by atoms with Crippen molar-refractivity contribution in [3.05, 3.63) is 28.0 Å². The van der Waals surface area contributed by atoms with Crippen LogP contribution in [0.15, 0.2) is 16.9 Å². The SMILES string of the molecule is COc1cc2[nH]c(=O)c(CN3CCNC(C(=O)O)C3)cc2c(OC)c1OC. The molecule has 1 saturated heterocycles. The molecule has 1 fully saturated rings. The molecule has 0 radical (unpaired) electrons. The molecule has 146 valence electrons. The van der Waals surface area contributed by atoms with E-state index in [0.29, 0.717) is 59.9 Å². The summed E-state index contributed by atoms with van der Waals surface area (Å²) in [6.07, 6.45) is 0. The first kappa shape index (κ1) is 19.0. The highest BCUT2D eigenvalue weighted by Crippen LogP contribution is 2.42. The van der Waals surface area contributed by atoms with Gasteiger partial charge >= 0.3 is 5.97 Å². The molecule has 1 aliphatic rings. The minimum absolute atomic E-state index is 0.234. The summed E-state index contributed by atoms with van der Waals surface area (Å²) in [7, 11) is 4.56. The first-order valence-corrected chi connectivity index (χ1v) is 8.52. The van der Waals surface area contributed by atoms with Gasteiger partial charge in [0.25, 0.3) is 5.56 Å². The van der Waals surface area contributed by atoms with E-state index < -0.39 is 12.0 Å². The van der Waals surface area contributed by atoms with Crippen LogP contribution in [0.4, 0.5) is 0 Å². The lowest BCUT2D eigenvalue weighted by molar-refractivity contribution is -0.140. The number of ether oxygens (including phenoxy) is 3. The van der Waals surface area contributed by atoms with Gasteiger partial charge in [0.05, 0.1) is 26.8 Å². The van der Waals surface area contributed by atoms with Gasteiger partial charge in [0.2, 0.25) is 5.75 Å². The highest BCUT2D eigenvalue weighted by atomic mass is 16.5. The number of hydrogen-bond donors (Lipinski definition) is 3. The van der Waals surface area contributed by atoms with E-state index in [-0.39, 0.29) is 5.56 Å². The van der Waals surface area contributed by atoms with Crippen LogP contribution in [0.2, 0.25) is 0 Å². The van der Waals surface area contributed by atoms with Crippen LogP contribution in [0.25, 0.3) is 10.9 Å². The molecule has 9 nitrogen and oxygen atoms in total. The fraction of sp³-hybridized carbons (Fsp3) is 0.444. The Morgan fingerprint density at radius 1 is 1.22 bits per heavy atom. The van der Waals surface area contributed by atoms with Gasteiger partial charge in [0.1, 0.15) is 6.04 Å². The number of nitrogens with zero attached hydrogens (tertiary/aromatic N) is 1. The number of aromatic amines is 1. The number of carbonyl (C=O) groups is 1. The second-order valence-electron chi connectivity index (χ2n) is 6.31. The van der Waals surface area contributed by atoms with Crippen molar-refractivity contribution in [2.75, 3.05) is 41.0 Å². The maximum Gasteiger partial charge on any atom is 0.322 e. The zero-order valence-electron chi connectivity index (χ0n) is 15.5. The number of aliphatic carboxylic acids is 1. The van der Waals surface area contributed by atoms with Gasteiger partial charge in [0.15, 0.2) is 11.5 Å². The number of carboxylic acid groups (broad SMARTS) is 1. The smallest absolute Gasteiger partial charge is 0.322 e. The standard InChI is InChI=1S/C18H23N3O6/c1-25-14-7-12-11(15(26-2)16(14)27-3)6-10(17(22)20-12)8-21-5-4-19-13(9-21)18(23)24/h6-7,13,19H,4-5,8-9H2,1-3H3,(H,20,22)(H,23,24). The Morgan fingerprint density at radius 2 is 1.96 bits per heavy atom. The molecule has 2 aromatic rings. The molecular formula is C18H23N3O6. The van der Waals surface area contributed by atoms with Crippen LogP contribution in [0.3, 0.4) is 0 Å². The molecule has 0 bridgehead atoms. The van der Waals surface area contributed by atoms with E-state index in [1.54, 1.807) is 12.1 Å². The molecule has 0 spiro atoms. The quantitative estimate of drug-likeness (QED) is 0.664. The number of piperazine rings is 1. The molecule has 1 aliphatic heterocycles. The van der Waals surface area contributed by atoms with Crippen LogP contribution in [0.5, 0.6) is 17.2 Å². The van der Waals surface area contributed by atoms with E-state index in [9.17, 15) is 14.7 Å². The Balaban J connectivity index is 2.00. The van der Waals surface area contributed by atoms with Gasteiger partial charge in [0, 0.05) is 43.2 Å². The normalized spacial score (nSPS) is 17.7. The Kier molecular flexibility index (Phi) is 5.52. The predicted molar refractivity (Wildman–Crippen MR) is 98.9 cm³/mol. The highest BCUT2D eigenvalue weighted by Gasteiger charge is 2.25. The summed E-state index contributed by atoms with van der Waals surface area (Å²) in [5, 5.41) is 12.8. The van der Waals surface area contributed by atoms with E-state index >= 15 is 0 Å². The monoisotopic (exact) mass is 377 g/mol. The number of H-pyrrole nitrogens is 1. The average Bonchev–Trinajstić information content (AvgIpc) is 2.67. The number of benzene rings is 1. The van der Waals surface area contributed by atoms with E-state index in [2.05, 4.69) is 10.3 Å². The summed E-state index contributed by atoms with van der Waals surface area (Å²) in [5.74, 6) is 0.467. The largest absolute Gasteiger partial charge is 0.493 e. The zero-order chi connectivity index (χ0) is 19.6. The summed E-state index contributed by atoms with van der Waals surface area (Å²) < 4.78 is 16.2. The van der Waals surface area contributed by atoms with E-state index in [1.165, 1.54) is 21.3 Å². The van der Waals surface area contributed by atoms with E-state index in [0.717, 1.165) is 0 Å². The van der Waals surface area contributed by atoms with Crippen molar-refractivity contribution < 1.29 is 24.1 Å². The van der Waals surface area contributed by atoms with Crippen molar-refractivity contribution in [1.82, 2.24) is 15.2 Å². The Hall–Kier alpha value is -2.78. The van der Waals surface area contributed by atoms with E-state index in [4.69, 9.17) is 14.2 Å². The van der Waals surface area contributed by atoms with Crippen LogP contribution in [-0.2, 0) is 11.3 Å². The molecular weight excluding hydrogens is 354 g/mol. The van der Waals surface area contributed by atoms with Crippen molar-refractivity contribution in [2.24, 2.45) is 0 Å². The van der Waals surface area contributed by atoms with Gasteiger partial charge in [-0.05, 0) is 6.07 Å². The number of fused-ring (bicyclic) bond motifs is 1. The van der Waals surface area contributed by atoms with Crippen LogP contribution in [-0.4, -0.2) is 68.0 Å². The number of hydrogen-bond acceptors (Lipinski definition) is 7. The molecule has 0 saturated carbocycles. The molecule has 1 aromatic carbocycles. The van der Waals surface area contributed by atoms with Gasteiger partial charge in [-0.3, -0.25) is 14.5 Å². The van der Waals surface area contributed by atoms with Gasteiger partial charge in [-0.25, -0.2) is 0 Å². The summed E-state index contributed by atoms with van der Waals surface area (Å²) in [5.41, 5.74) is 0.864. The number of methoxy groups -OCH3 is 3. The van der Waals surface area contributed by atoms with Crippen LogP contribution < -0.4 is 25.1 Å². The molecule has 27 heavy (non-hydrogen) atoms. The number of nitrogens with one attached hydrogen (secondary N) is 2. The maximum atomic E-state index is 12.5. The molecule has 0 amide bonds. The lowest BCUT2D eigenvalue weighted by Crippen LogP contribution is -2.54. The molecule has 3 rings (SSSR count). The molecule has 0 aliphatic carbocycles. The first-order chi connectivity index (χ1) is 13.0. The number of carboxylic acids is 1. The Morgan fingerprint density at radius 3 is 2.59 bits per heavy atom. The average molecular weight is 377 g/mol. The van der Waals surface area contributed by atoms with Crippen molar-refractivity contribution in [2.45, 2.75) is 12.6 Å². The van der Waals surface area contributed by atoms with Crippen molar-refractivity contribution in [1.29, 1.82) is 0 Å². The third-order valence-electron chi connectivity index (χ3n) is 4.68. The number of pyridine rings is 1. The predicted octanol–water partition coefficient (Wildman–Crippen LogP) is 0.412. The second kappa shape index (κ2) is 7.85. The minimum Gasteiger partial charge on any atom is -0.493 e. The third kappa shape index (κ3) is 3.69. The molecule has 1 unspecified atom stereocenters. The topological polar surface area (TPSA) is 113 Å². The summed E-state index contributed by atoms with van der Waals surface area (Å²) in [4.78, 5) is 28.6. The fourth-order valence-electron chi connectivity index (χ4n) is 3.35. The second-order valence-corrected chi connectivity index (χ2v) is 6.31. The summed E-state index contributed by atoms with van der Waals surface area (Å²) >= 11 is 0. The van der Waals surface area contributed by atoms with E-state index in [1.807, 2.05) is 4.90 Å².